The molecule has 0 bridgehead atoms. The van der Waals surface area contributed by atoms with Gasteiger partial charge in [0.1, 0.15) is 0 Å². The number of unbranched alkanes of at least 4 members (excludes halogenated alkanes) is 2. The molecule has 0 saturated carbocycles. The second-order valence-corrected chi connectivity index (χ2v) is 7.72. The van der Waals surface area contributed by atoms with Crippen molar-refractivity contribution in [1.29, 1.82) is 0 Å². The van der Waals surface area contributed by atoms with Crippen molar-refractivity contribution in [2.45, 2.75) is 64.6 Å². The predicted molar refractivity (Wildman–Crippen MR) is 137 cm³/mol. The van der Waals surface area contributed by atoms with Crippen molar-refractivity contribution in [2.24, 2.45) is 0 Å². The molecule has 6 N–H and O–H groups in total. The van der Waals surface area contributed by atoms with Gasteiger partial charge in [-0.1, -0.05) is 51.0 Å². The standard InChI is InChI=1S/2C12H24N2O3.Ca/c2*1-2-3-4-5-11(15)10-14-9-8-13-7-6-12(16)17;/h2*4-5,11,13-15H,2-3,6-10H2,1H3,(H,16,17);/q;;+2/p-2/b2*5-4+;. The van der Waals surface area contributed by atoms with Crippen LogP contribution in [0.5, 0.6) is 0 Å². The maximum atomic E-state index is 10.1. The molecule has 0 aromatic heterocycles. The zero-order valence-corrected chi connectivity index (χ0v) is 23.8. The fraction of sp³-hybridized carbons (Fsp3) is 0.750. The van der Waals surface area contributed by atoms with Crippen LogP contribution in [-0.2, 0) is 9.59 Å². The van der Waals surface area contributed by atoms with E-state index in [1.54, 1.807) is 12.2 Å². The van der Waals surface area contributed by atoms with E-state index in [1.807, 2.05) is 12.2 Å². The number of allylic oxidation sites excluding steroid dienone is 2. The van der Waals surface area contributed by atoms with Gasteiger partial charge in [0.05, 0.1) is 12.2 Å². The van der Waals surface area contributed by atoms with Crippen molar-refractivity contribution >= 4 is 49.7 Å². The van der Waals surface area contributed by atoms with Gasteiger partial charge in [-0.2, -0.15) is 0 Å². The Hall–Kier alpha value is -0.560. The van der Waals surface area contributed by atoms with Crippen LogP contribution in [0.2, 0.25) is 0 Å². The molecule has 0 aliphatic rings. The maximum Gasteiger partial charge on any atom is 2.00 e. The van der Waals surface area contributed by atoms with Crippen LogP contribution in [0.25, 0.3) is 0 Å². The molecule has 10 nitrogen and oxygen atoms in total. The van der Waals surface area contributed by atoms with Crippen molar-refractivity contribution < 1.29 is 30.0 Å². The Labute approximate surface area is 241 Å². The van der Waals surface area contributed by atoms with E-state index in [0.29, 0.717) is 52.4 Å². The fourth-order valence-corrected chi connectivity index (χ4v) is 2.46. The molecular weight excluding hydrogens is 480 g/mol. The van der Waals surface area contributed by atoms with Crippen LogP contribution in [0.1, 0.15) is 52.4 Å². The van der Waals surface area contributed by atoms with Crippen LogP contribution in [0.15, 0.2) is 24.3 Å². The summed E-state index contributed by atoms with van der Waals surface area (Å²) in [6, 6.07) is 0. The Morgan fingerprint density at radius 3 is 1.34 bits per heavy atom. The molecule has 0 aromatic rings. The summed E-state index contributed by atoms with van der Waals surface area (Å²) in [5.41, 5.74) is 0. The van der Waals surface area contributed by atoms with Gasteiger partial charge in [-0.3, -0.25) is 0 Å². The number of aliphatic carboxylic acids is 2. The first-order valence-electron chi connectivity index (χ1n) is 12.2. The molecule has 2 unspecified atom stereocenters. The summed E-state index contributed by atoms with van der Waals surface area (Å²) in [7, 11) is 0. The van der Waals surface area contributed by atoms with Gasteiger partial charge in [0.25, 0.3) is 0 Å². The Morgan fingerprint density at radius 2 is 1.03 bits per heavy atom. The Morgan fingerprint density at radius 1 is 0.686 bits per heavy atom. The van der Waals surface area contributed by atoms with Crippen LogP contribution in [0.4, 0.5) is 0 Å². The van der Waals surface area contributed by atoms with E-state index >= 15 is 0 Å². The van der Waals surface area contributed by atoms with Gasteiger partial charge in [0, 0.05) is 64.3 Å². The predicted octanol–water partition coefficient (Wildman–Crippen LogP) is -2.34. The zero-order valence-electron chi connectivity index (χ0n) is 21.6. The summed E-state index contributed by atoms with van der Waals surface area (Å²) >= 11 is 0. The molecule has 0 rings (SSSR count). The SMILES string of the molecule is CCC/C=C/C(O)CNCCNCCC(=O)[O-].CCC/C=C/C(O)CNCCNCCC(=O)[O-].[Ca+2]. The number of carbonyl (C=O) groups is 2. The Kier molecular flexibility index (Phi) is 35.0. The number of aliphatic hydroxyl groups is 2. The Balaban J connectivity index is -0.000000569. The fourth-order valence-electron chi connectivity index (χ4n) is 2.46. The molecule has 0 spiro atoms. The number of carboxylic acids is 2. The third-order valence-corrected chi connectivity index (χ3v) is 4.30. The molecule has 0 aliphatic heterocycles. The second-order valence-electron chi connectivity index (χ2n) is 7.72. The van der Waals surface area contributed by atoms with Crippen molar-refractivity contribution in [3.63, 3.8) is 0 Å². The molecular formula is C24H46CaN4O6. The monoisotopic (exact) mass is 526 g/mol. The van der Waals surface area contributed by atoms with E-state index < -0.39 is 24.1 Å². The molecule has 0 heterocycles. The summed E-state index contributed by atoms with van der Waals surface area (Å²) < 4.78 is 0. The summed E-state index contributed by atoms with van der Waals surface area (Å²) in [5, 5.41) is 51.2. The van der Waals surface area contributed by atoms with E-state index in [1.165, 1.54) is 0 Å². The van der Waals surface area contributed by atoms with Gasteiger partial charge < -0.3 is 51.3 Å². The smallest absolute Gasteiger partial charge is 0.550 e. The van der Waals surface area contributed by atoms with Gasteiger partial charge in [-0.15, -0.1) is 0 Å². The van der Waals surface area contributed by atoms with E-state index in [-0.39, 0.29) is 50.6 Å². The van der Waals surface area contributed by atoms with E-state index in [9.17, 15) is 30.0 Å². The van der Waals surface area contributed by atoms with E-state index in [2.05, 4.69) is 35.1 Å². The van der Waals surface area contributed by atoms with Crippen molar-refractivity contribution in [3.05, 3.63) is 24.3 Å². The first-order chi connectivity index (χ1) is 16.3. The first kappa shape index (κ1) is 39.0. The van der Waals surface area contributed by atoms with Gasteiger partial charge in [-0.25, -0.2) is 0 Å². The third kappa shape index (κ3) is 38.1. The number of hydrogen-bond acceptors (Lipinski definition) is 10. The average molecular weight is 527 g/mol. The van der Waals surface area contributed by atoms with Crippen LogP contribution < -0.4 is 31.5 Å². The minimum Gasteiger partial charge on any atom is -0.550 e. The molecule has 2 atom stereocenters. The van der Waals surface area contributed by atoms with Gasteiger partial charge in [-0.05, 0) is 25.7 Å². The molecule has 0 fully saturated rings. The zero-order chi connectivity index (χ0) is 25.9. The maximum absolute atomic E-state index is 10.1. The van der Waals surface area contributed by atoms with Crippen LogP contribution in [0, 0.1) is 0 Å². The van der Waals surface area contributed by atoms with Gasteiger partial charge in [0.2, 0.25) is 0 Å². The summed E-state index contributed by atoms with van der Waals surface area (Å²) in [6.07, 6.45) is 10.8. The van der Waals surface area contributed by atoms with Crippen molar-refractivity contribution in [1.82, 2.24) is 21.3 Å². The van der Waals surface area contributed by atoms with Gasteiger partial charge in [0.15, 0.2) is 0 Å². The first-order valence-corrected chi connectivity index (χ1v) is 12.2. The normalized spacial score (nSPS) is 12.7. The third-order valence-electron chi connectivity index (χ3n) is 4.30. The van der Waals surface area contributed by atoms with Crippen LogP contribution >= 0.6 is 0 Å². The van der Waals surface area contributed by atoms with Crippen molar-refractivity contribution in [3.8, 4) is 0 Å². The quantitative estimate of drug-likeness (QED) is 0.0511. The van der Waals surface area contributed by atoms with E-state index in [4.69, 9.17) is 0 Å². The molecule has 0 aromatic carbocycles. The molecule has 0 radical (unpaired) electrons. The number of carboxylic acid groups (broad SMARTS) is 2. The summed E-state index contributed by atoms with van der Waals surface area (Å²) in [6.45, 7) is 8.81. The van der Waals surface area contributed by atoms with Crippen LogP contribution in [-0.4, -0.2) is 124 Å². The largest absolute Gasteiger partial charge is 2.00 e. The summed E-state index contributed by atoms with van der Waals surface area (Å²) in [5.74, 6) is -2.08. The number of aliphatic hydroxyl groups excluding tert-OH is 2. The number of carbonyl (C=O) groups excluding carboxylic acids is 2. The molecule has 35 heavy (non-hydrogen) atoms. The number of nitrogens with one attached hydrogen (secondary N) is 4. The minimum atomic E-state index is -1.04. The topological polar surface area (TPSA) is 169 Å². The van der Waals surface area contributed by atoms with Crippen molar-refractivity contribution in [2.75, 3.05) is 52.4 Å². The molecule has 0 aliphatic carbocycles. The minimum absolute atomic E-state index is 0. The number of hydrogen-bond donors (Lipinski definition) is 6. The summed E-state index contributed by atoms with van der Waals surface area (Å²) in [4.78, 5) is 20.2. The average Bonchev–Trinajstić information content (AvgIpc) is 2.78. The molecule has 200 valence electrons. The van der Waals surface area contributed by atoms with Crippen LogP contribution in [0.3, 0.4) is 0 Å². The number of rotatable bonds is 22. The molecule has 0 saturated heterocycles. The second kappa shape index (κ2) is 31.5. The molecule has 11 heteroatoms. The van der Waals surface area contributed by atoms with Gasteiger partial charge >= 0.3 is 37.7 Å². The molecule has 0 amide bonds. The Bertz CT molecular complexity index is 492. The van der Waals surface area contributed by atoms with E-state index in [0.717, 1.165) is 25.7 Å².